The van der Waals surface area contributed by atoms with Crippen LogP contribution in [0.2, 0.25) is 0 Å². The van der Waals surface area contributed by atoms with Crippen LogP contribution in [0.15, 0.2) is 42.9 Å². The van der Waals surface area contributed by atoms with E-state index < -0.39 is 0 Å². The Morgan fingerprint density at radius 2 is 1.95 bits per heavy atom. The van der Waals surface area contributed by atoms with Crippen molar-refractivity contribution in [3.05, 3.63) is 54.1 Å². The molecule has 1 aliphatic heterocycles. The Morgan fingerprint density at radius 3 is 2.57 bits per heavy atom. The van der Waals surface area contributed by atoms with Crippen molar-refractivity contribution in [2.45, 2.75) is 19.3 Å². The number of hydrogen-bond donors (Lipinski definition) is 0. The van der Waals surface area contributed by atoms with E-state index >= 15 is 0 Å². The highest BCUT2D eigenvalue weighted by molar-refractivity contribution is 5.92. The maximum atomic E-state index is 12.4. The first-order valence-electron chi connectivity index (χ1n) is 7.53. The molecule has 21 heavy (non-hydrogen) atoms. The number of piperidine rings is 1. The van der Waals surface area contributed by atoms with E-state index in [9.17, 15) is 4.79 Å². The van der Waals surface area contributed by atoms with Gasteiger partial charge in [-0.3, -0.25) is 9.78 Å². The summed E-state index contributed by atoms with van der Waals surface area (Å²) in [5.74, 6) is 0.828. The zero-order valence-corrected chi connectivity index (χ0v) is 12.4. The minimum Gasteiger partial charge on any atom is -0.347 e. The Labute approximate surface area is 125 Å². The highest BCUT2D eigenvalue weighted by Crippen LogP contribution is 2.22. The van der Waals surface area contributed by atoms with Gasteiger partial charge in [-0.1, -0.05) is 0 Å². The van der Waals surface area contributed by atoms with Gasteiger partial charge in [-0.25, -0.2) is 0 Å². The molecule has 1 fully saturated rings. The molecule has 3 rings (SSSR count). The lowest BCUT2D eigenvalue weighted by Crippen LogP contribution is -2.39. The summed E-state index contributed by atoms with van der Waals surface area (Å²) in [5, 5.41) is 0. The first-order valence-corrected chi connectivity index (χ1v) is 7.53. The summed E-state index contributed by atoms with van der Waals surface area (Å²) in [5.41, 5.74) is 2.12. The van der Waals surface area contributed by atoms with Gasteiger partial charge in [0.15, 0.2) is 0 Å². The fourth-order valence-corrected chi connectivity index (χ4v) is 3.04. The normalized spacial score (nSPS) is 16.1. The zero-order chi connectivity index (χ0) is 14.7. The number of hydrogen-bond acceptors (Lipinski definition) is 2. The van der Waals surface area contributed by atoms with Crippen LogP contribution >= 0.6 is 0 Å². The van der Waals surface area contributed by atoms with E-state index in [0.717, 1.165) is 38.0 Å². The Kier molecular flexibility index (Phi) is 4.04. The highest BCUT2D eigenvalue weighted by Gasteiger charge is 2.24. The van der Waals surface area contributed by atoms with E-state index in [1.165, 1.54) is 5.56 Å². The second-order valence-corrected chi connectivity index (χ2v) is 5.80. The predicted molar refractivity (Wildman–Crippen MR) is 82.0 cm³/mol. The molecule has 3 heterocycles. The van der Waals surface area contributed by atoms with Gasteiger partial charge >= 0.3 is 0 Å². The van der Waals surface area contributed by atoms with Crippen LogP contribution in [-0.2, 0) is 13.5 Å². The number of pyridine rings is 1. The van der Waals surface area contributed by atoms with Crippen LogP contribution in [0.1, 0.15) is 28.9 Å². The summed E-state index contributed by atoms with van der Waals surface area (Å²) in [6.07, 6.45) is 8.88. The van der Waals surface area contributed by atoms with Crippen LogP contribution in [0, 0.1) is 5.92 Å². The van der Waals surface area contributed by atoms with Gasteiger partial charge in [0, 0.05) is 38.7 Å². The average Bonchev–Trinajstić information content (AvgIpc) is 2.94. The van der Waals surface area contributed by atoms with Gasteiger partial charge in [0.2, 0.25) is 0 Å². The predicted octanol–water partition coefficient (Wildman–Crippen LogP) is 2.52. The van der Waals surface area contributed by atoms with Gasteiger partial charge in [-0.2, -0.15) is 0 Å². The zero-order valence-electron chi connectivity index (χ0n) is 12.4. The fourth-order valence-electron chi connectivity index (χ4n) is 3.04. The Balaban J connectivity index is 1.56. The summed E-state index contributed by atoms with van der Waals surface area (Å²) in [6.45, 7) is 1.72. The molecule has 0 atom stereocenters. The van der Waals surface area contributed by atoms with E-state index in [2.05, 4.69) is 17.1 Å². The number of amides is 1. The van der Waals surface area contributed by atoms with E-state index in [1.54, 1.807) is 0 Å². The minimum absolute atomic E-state index is 0.157. The van der Waals surface area contributed by atoms with Gasteiger partial charge < -0.3 is 9.47 Å². The Hall–Kier alpha value is -2.10. The molecule has 0 spiro atoms. The first-order chi connectivity index (χ1) is 10.2. The monoisotopic (exact) mass is 283 g/mol. The molecule has 2 aromatic heterocycles. The van der Waals surface area contributed by atoms with Crippen molar-refractivity contribution >= 4 is 5.91 Å². The minimum atomic E-state index is 0.157. The van der Waals surface area contributed by atoms with E-state index in [1.807, 2.05) is 47.2 Å². The lowest BCUT2D eigenvalue weighted by Gasteiger charge is -2.32. The van der Waals surface area contributed by atoms with Gasteiger partial charge in [0.1, 0.15) is 5.69 Å². The third kappa shape index (κ3) is 3.15. The standard InChI is InChI=1S/C17H21N3O/c1-19-10-2-3-16(19)17(21)20-11-6-15(7-12-20)13-14-4-8-18-9-5-14/h2-5,8-10,15H,6-7,11-13H2,1H3. The summed E-state index contributed by atoms with van der Waals surface area (Å²) in [6, 6.07) is 7.98. The second-order valence-electron chi connectivity index (χ2n) is 5.80. The van der Waals surface area contributed by atoms with Crippen molar-refractivity contribution < 1.29 is 4.79 Å². The molecular weight excluding hydrogens is 262 g/mol. The average molecular weight is 283 g/mol. The van der Waals surface area contributed by atoms with Crippen LogP contribution in [0.3, 0.4) is 0 Å². The highest BCUT2D eigenvalue weighted by atomic mass is 16.2. The molecule has 0 N–H and O–H groups in total. The van der Waals surface area contributed by atoms with E-state index in [-0.39, 0.29) is 5.91 Å². The van der Waals surface area contributed by atoms with Crippen molar-refractivity contribution in [2.24, 2.45) is 13.0 Å². The Morgan fingerprint density at radius 1 is 1.24 bits per heavy atom. The number of aryl methyl sites for hydroxylation is 1. The van der Waals surface area contributed by atoms with Crippen molar-refractivity contribution in [1.29, 1.82) is 0 Å². The van der Waals surface area contributed by atoms with E-state index in [4.69, 9.17) is 0 Å². The molecule has 0 radical (unpaired) electrons. The third-order valence-corrected chi connectivity index (χ3v) is 4.34. The number of carbonyl (C=O) groups is 1. The molecule has 0 saturated carbocycles. The fraction of sp³-hybridized carbons (Fsp3) is 0.412. The first kappa shape index (κ1) is 13.9. The number of likely N-dealkylation sites (tertiary alicyclic amines) is 1. The molecule has 1 aliphatic rings. The molecule has 0 unspecified atom stereocenters. The molecule has 2 aromatic rings. The van der Waals surface area contributed by atoms with Gasteiger partial charge in [0.05, 0.1) is 0 Å². The van der Waals surface area contributed by atoms with Gasteiger partial charge in [-0.15, -0.1) is 0 Å². The topological polar surface area (TPSA) is 38.1 Å². The van der Waals surface area contributed by atoms with Crippen LogP contribution < -0.4 is 0 Å². The molecule has 1 amide bonds. The van der Waals surface area contributed by atoms with Crippen LogP contribution in [0.5, 0.6) is 0 Å². The van der Waals surface area contributed by atoms with Crippen molar-refractivity contribution in [3.63, 3.8) is 0 Å². The molecule has 110 valence electrons. The molecule has 1 saturated heterocycles. The quantitative estimate of drug-likeness (QED) is 0.868. The van der Waals surface area contributed by atoms with Gasteiger partial charge in [-0.05, 0) is 55.0 Å². The Bertz CT molecular complexity index is 598. The third-order valence-electron chi connectivity index (χ3n) is 4.34. The molecule has 4 nitrogen and oxygen atoms in total. The van der Waals surface area contributed by atoms with Crippen molar-refractivity contribution in [1.82, 2.24) is 14.5 Å². The van der Waals surface area contributed by atoms with E-state index in [0.29, 0.717) is 5.92 Å². The van der Waals surface area contributed by atoms with Crippen LogP contribution in [0.4, 0.5) is 0 Å². The lowest BCUT2D eigenvalue weighted by molar-refractivity contribution is 0.0681. The van der Waals surface area contributed by atoms with Crippen molar-refractivity contribution in [3.8, 4) is 0 Å². The van der Waals surface area contributed by atoms with Crippen LogP contribution in [-0.4, -0.2) is 33.4 Å². The maximum Gasteiger partial charge on any atom is 0.270 e. The summed E-state index contributed by atoms with van der Waals surface area (Å²) in [7, 11) is 1.92. The van der Waals surface area contributed by atoms with Gasteiger partial charge in [0.25, 0.3) is 5.91 Å². The summed E-state index contributed by atoms with van der Waals surface area (Å²) >= 11 is 0. The number of aromatic nitrogens is 2. The number of carbonyl (C=O) groups excluding carboxylic acids is 1. The van der Waals surface area contributed by atoms with Crippen molar-refractivity contribution in [2.75, 3.05) is 13.1 Å². The molecule has 0 aromatic carbocycles. The molecule has 0 aliphatic carbocycles. The largest absolute Gasteiger partial charge is 0.347 e. The maximum absolute atomic E-state index is 12.4. The number of nitrogens with zero attached hydrogens (tertiary/aromatic N) is 3. The molecule has 0 bridgehead atoms. The number of rotatable bonds is 3. The van der Waals surface area contributed by atoms with Crippen LogP contribution in [0.25, 0.3) is 0 Å². The molecular formula is C17H21N3O. The second kappa shape index (κ2) is 6.12. The lowest BCUT2D eigenvalue weighted by atomic mass is 9.90. The molecule has 4 heteroatoms. The summed E-state index contributed by atoms with van der Waals surface area (Å²) < 4.78 is 1.89. The summed E-state index contributed by atoms with van der Waals surface area (Å²) in [4.78, 5) is 18.5. The smallest absolute Gasteiger partial charge is 0.270 e. The SMILES string of the molecule is Cn1cccc1C(=O)N1CCC(Cc2ccncc2)CC1.